The van der Waals surface area contributed by atoms with E-state index >= 15 is 0 Å². The Hall–Kier alpha value is -3.74. The van der Waals surface area contributed by atoms with E-state index in [2.05, 4.69) is 11.1 Å². The number of hydrogen-bond donors (Lipinski definition) is 0. The largest absolute Gasteiger partial charge is 0.493 e. The molecule has 3 aromatic rings. The molecule has 2 aromatic carbocycles. The Morgan fingerprint density at radius 1 is 0.938 bits per heavy atom. The van der Waals surface area contributed by atoms with Crippen molar-refractivity contribution in [3.05, 3.63) is 65.5 Å². The molecule has 0 radical (unpaired) electrons. The minimum Gasteiger partial charge on any atom is -0.493 e. The van der Waals surface area contributed by atoms with Crippen LogP contribution in [-0.4, -0.2) is 49.8 Å². The van der Waals surface area contributed by atoms with Crippen LogP contribution < -0.4 is 18.9 Å². The zero-order valence-electron chi connectivity index (χ0n) is 18.1. The Bertz CT molecular complexity index is 1180. The SMILES string of the molecule is COc1ccc(-c2cnc3c(c2)CN(C(=O)c2ccc4c(c2)OCCO4)CC3)cc1OC. The molecule has 0 N–H and O–H groups in total. The molecule has 164 valence electrons. The first-order valence-corrected chi connectivity index (χ1v) is 10.6. The first-order valence-electron chi connectivity index (χ1n) is 10.6. The fourth-order valence-electron chi connectivity index (χ4n) is 4.13. The number of rotatable bonds is 4. The number of carbonyl (C=O) groups excluding carboxylic acids is 1. The molecule has 5 rings (SSSR count). The summed E-state index contributed by atoms with van der Waals surface area (Å²) < 4.78 is 22.0. The van der Waals surface area contributed by atoms with Crippen molar-refractivity contribution < 1.29 is 23.7 Å². The average molecular weight is 432 g/mol. The highest BCUT2D eigenvalue weighted by Crippen LogP contribution is 2.34. The molecular weight excluding hydrogens is 408 g/mol. The summed E-state index contributed by atoms with van der Waals surface area (Å²) in [4.78, 5) is 19.7. The highest BCUT2D eigenvalue weighted by atomic mass is 16.6. The second-order valence-electron chi connectivity index (χ2n) is 7.73. The molecule has 2 aliphatic rings. The average Bonchev–Trinajstić information content (AvgIpc) is 2.86. The molecular formula is C25H24N2O5. The van der Waals surface area contributed by atoms with Gasteiger partial charge < -0.3 is 23.8 Å². The number of aromatic nitrogens is 1. The van der Waals surface area contributed by atoms with Crippen molar-refractivity contribution in [3.8, 4) is 34.1 Å². The normalized spacial score (nSPS) is 14.5. The van der Waals surface area contributed by atoms with Crippen molar-refractivity contribution in [2.24, 2.45) is 0 Å². The van der Waals surface area contributed by atoms with E-state index in [0.717, 1.165) is 28.8 Å². The first-order chi connectivity index (χ1) is 15.7. The fourth-order valence-corrected chi connectivity index (χ4v) is 4.13. The summed E-state index contributed by atoms with van der Waals surface area (Å²) in [5.41, 5.74) is 4.63. The van der Waals surface area contributed by atoms with Crippen LogP contribution in [0.3, 0.4) is 0 Å². The van der Waals surface area contributed by atoms with E-state index in [1.54, 1.807) is 32.4 Å². The number of pyridine rings is 1. The Labute approximate surface area is 186 Å². The van der Waals surface area contributed by atoms with Crippen LogP contribution >= 0.6 is 0 Å². The van der Waals surface area contributed by atoms with Gasteiger partial charge in [-0.25, -0.2) is 0 Å². The molecule has 0 bridgehead atoms. The van der Waals surface area contributed by atoms with Crippen LogP contribution in [0.2, 0.25) is 0 Å². The van der Waals surface area contributed by atoms with Gasteiger partial charge in [-0.05, 0) is 47.5 Å². The number of benzene rings is 2. The predicted molar refractivity (Wildman–Crippen MR) is 119 cm³/mol. The lowest BCUT2D eigenvalue weighted by Gasteiger charge is -2.29. The van der Waals surface area contributed by atoms with Crippen molar-refractivity contribution in [2.75, 3.05) is 34.0 Å². The summed E-state index contributed by atoms with van der Waals surface area (Å²) in [7, 11) is 3.24. The molecule has 7 heteroatoms. The van der Waals surface area contributed by atoms with Gasteiger partial charge in [0.05, 0.1) is 14.2 Å². The highest BCUT2D eigenvalue weighted by molar-refractivity contribution is 5.95. The molecule has 0 unspecified atom stereocenters. The van der Waals surface area contributed by atoms with Gasteiger partial charge >= 0.3 is 0 Å². The van der Waals surface area contributed by atoms with Crippen molar-refractivity contribution in [1.82, 2.24) is 9.88 Å². The summed E-state index contributed by atoms with van der Waals surface area (Å²) in [5.74, 6) is 2.62. The van der Waals surface area contributed by atoms with Gasteiger partial charge in [0.25, 0.3) is 5.91 Å². The van der Waals surface area contributed by atoms with E-state index < -0.39 is 0 Å². The van der Waals surface area contributed by atoms with Gasteiger partial charge in [-0.15, -0.1) is 0 Å². The zero-order chi connectivity index (χ0) is 22.1. The van der Waals surface area contributed by atoms with Gasteiger partial charge in [0.15, 0.2) is 23.0 Å². The third kappa shape index (κ3) is 3.70. The third-order valence-electron chi connectivity index (χ3n) is 5.83. The van der Waals surface area contributed by atoms with E-state index in [0.29, 0.717) is 54.9 Å². The molecule has 0 saturated carbocycles. The first kappa shape index (κ1) is 20.2. The molecule has 0 aliphatic carbocycles. The maximum absolute atomic E-state index is 13.2. The van der Waals surface area contributed by atoms with E-state index in [-0.39, 0.29) is 5.91 Å². The van der Waals surface area contributed by atoms with E-state index in [4.69, 9.17) is 18.9 Å². The van der Waals surface area contributed by atoms with E-state index in [1.807, 2.05) is 29.3 Å². The topological polar surface area (TPSA) is 70.1 Å². The second-order valence-corrected chi connectivity index (χ2v) is 7.73. The summed E-state index contributed by atoms with van der Waals surface area (Å²) >= 11 is 0. The Morgan fingerprint density at radius 2 is 1.75 bits per heavy atom. The Balaban J connectivity index is 1.39. The summed E-state index contributed by atoms with van der Waals surface area (Å²) in [6.07, 6.45) is 2.59. The number of carbonyl (C=O) groups is 1. The lowest BCUT2D eigenvalue weighted by atomic mass is 9.99. The molecule has 3 heterocycles. The van der Waals surface area contributed by atoms with Crippen molar-refractivity contribution >= 4 is 5.91 Å². The molecule has 7 nitrogen and oxygen atoms in total. The summed E-state index contributed by atoms with van der Waals surface area (Å²) in [6, 6.07) is 13.3. The highest BCUT2D eigenvalue weighted by Gasteiger charge is 2.24. The van der Waals surface area contributed by atoms with E-state index in [1.165, 1.54) is 0 Å². The van der Waals surface area contributed by atoms with Crippen LogP contribution in [0.25, 0.3) is 11.1 Å². The van der Waals surface area contributed by atoms with Crippen molar-refractivity contribution in [2.45, 2.75) is 13.0 Å². The van der Waals surface area contributed by atoms with Crippen molar-refractivity contribution in [3.63, 3.8) is 0 Å². The standard InChI is InChI=1S/C25H24N2O5/c1-29-21-5-3-16(12-23(21)30-2)18-11-19-15-27(8-7-20(19)26-14-18)25(28)17-4-6-22-24(13-17)32-10-9-31-22/h3-6,11-14H,7-10,15H2,1-2H3. The van der Waals surface area contributed by atoms with Crippen LogP contribution in [0.4, 0.5) is 0 Å². The van der Waals surface area contributed by atoms with E-state index in [9.17, 15) is 4.79 Å². The minimum absolute atomic E-state index is 0.0239. The lowest BCUT2D eigenvalue weighted by molar-refractivity contribution is 0.0732. The van der Waals surface area contributed by atoms with Gasteiger partial charge in [-0.2, -0.15) is 0 Å². The minimum atomic E-state index is -0.0239. The maximum atomic E-state index is 13.2. The third-order valence-corrected chi connectivity index (χ3v) is 5.83. The molecule has 32 heavy (non-hydrogen) atoms. The molecule has 0 atom stereocenters. The summed E-state index contributed by atoms with van der Waals surface area (Å²) in [6.45, 7) is 2.16. The Kier molecular flexibility index (Phi) is 5.31. The zero-order valence-corrected chi connectivity index (χ0v) is 18.1. The molecule has 2 aliphatic heterocycles. The molecule has 0 spiro atoms. The second kappa shape index (κ2) is 8.42. The van der Waals surface area contributed by atoms with Gasteiger partial charge in [0.1, 0.15) is 13.2 Å². The molecule has 0 fully saturated rings. The lowest BCUT2D eigenvalue weighted by Crippen LogP contribution is -2.36. The van der Waals surface area contributed by atoms with Crippen LogP contribution in [0.5, 0.6) is 23.0 Å². The van der Waals surface area contributed by atoms with Crippen LogP contribution in [0.15, 0.2) is 48.7 Å². The number of fused-ring (bicyclic) bond motifs is 2. The van der Waals surface area contributed by atoms with Crippen LogP contribution in [0.1, 0.15) is 21.6 Å². The van der Waals surface area contributed by atoms with Gasteiger partial charge in [-0.3, -0.25) is 9.78 Å². The van der Waals surface area contributed by atoms with Crippen molar-refractivity contribution in [1.29, 1.82) is 0 Å². The van der Waals surface area contributed by atoms with Gasteiger partial charge in [0.2, 0.25) is 0 Å². The molecule has 1 aromatic heterocycles. The smallest absolute Gasteiger partial charge is 0.254 e. The Morgan fingerprint density at radius 3 is 2.56 bits per heavy atom. The number of nitrogens with zero attached hydrogens (tertiary/aromatic N) is 2. The summed E-state index contributed by atoms with van der Waals surface area (Å²) in [5, 5.41) is 0. The monoisotopic (exact) mass is 432 g/mol. The van der Waals surface area contributed by atoms with Gasteiger partial charge in [0, 0.05) is 42.5 Å². The number of methoxy groups -OCH3 is 2. The molecule has 0 saturated heterocycles. The fraction of sp³-hybridized carbons (Fsp3) is 0.280. The van der Waals surface area contributed by atoms with Crippen LogP contribution in [0, 0.1) is 0 Å². The number of ether oxygens (including phenoxy) is 4. The quantitative estimate of drug-likeness (QED) is 0.626. The van der Waals surface area contributed by atoms with Gasteiger partial charge in [-0.1, -0.05) is 6.07 Å². The number of hydrogen-bond acceptors (Lipinski definition) is 6. The number of amides is 1. The molecule has 1 amide bonds. The van der Waals surface area contributed by atoms with Crippen LogP contribution in [-0.2, 0) is 13.0 Å². The maximum Gasteiger partial charge on any atom is 0.254 e. The predicted octanol–water partition coefficient (Wildman–Crippen LogP) is 3.74.